The number of amides is 2. The second kappa shape index (κ2) is 8.65. The number of hydrogen-bond acceptors (Lipinski definition) is 3. The molecule has 1 saturated carbocycles. The molecule has 5 rings (SSSR count). The molecule has 5 heteroatoms. The van der Waals surface area contributed by atoms with Crippen molar-refractivity contribution in [2.45, 2.75) is 38.6 Å². The van der Waals surface area contributed by atoms with Crippen LogP contribution in [0.15, 0.2) is 60.7 Å². The summed E-state index contributed by atoms with van der Waals surface area (Å²) < 4.78 is 0. The van der Waals surface area contributed by atoms with E-state index >= 15 is 0 Å². The van der Waals surface area contributed by atoms with Crippen molar-refractivity contribution in [2.24, 2.45) is 5.92 Å². The number of piperidine rings is 1. The van der Waals surface area contributed by atoms with Crippen molar-refractivity contribution in [1.82, 2.24) is 5.32 Å². The van der Waals surface area contributed by atoms with Crippen LogP contribution < -0.4 is 15.5 Å². The molecular weight excluding hydrogens is 398 g/mol. The van der Waals surface area contributed by atoms with E-state index in [0.717, 1.165) is 61.2 Å². The predicted octanol–water partition coefficient (Wildman–Crippen LogP) is 5.22. The Hall–Kier alpha value is -3.34. The van der Waals surface area contributed by atoms with E-state index in [2.05, 4.69) is 22.5 Å². The van der Waals surface area contributed by atoms with Gasteiger partial charge in [-0.15, -0.1) is 0 Å². The SMILES string of the molecule is CC1CCN(c2ccc(NC(=O)c3ccc4ccccc4c3)cc2C(=O)NC2CC2)CC1. The summed E-state index contributed by atoms with van der Waals surface area (Å²) in [7, 11) is 0. The normalized spacial score (nSPS) is 16.7. The smallest absolute Gasteiger partial charge is 0.255 e. The van der Waals surface area contributed by atoms with E-state index in [4.69, 9.17) is 0 Å². The third kappa shape index (κ3) is 4.47. The Morgan fingerprint density at radius 3 is 2.34 bits per heavy atom. The Balaban J connectivity index is 1.40. The van der Waals surface area contributed by atoms with Gasteiger partial charge < -0.3 is 15.5 Å². The largest absolute Gasteiger partial charge is 0.371 e. The maximum absolute atomic E-state index is 13.0. The number of rotatable bonds is 5. The zero-order valence-corrected chi connectivity index (χ0v) is 18.4. The van der Waals surface area contributed by atoms with Gasteiger partial charge in [0.1, 0.15) is 0 Å². The van der Waals surface area contributed by atoms with Crippen LogP contribution in [-0.4, -0.2) is 30.9 Å². The molecule has 2 N–H and O–H groups in total. The van der Waals surface area contributed by atoms with Crippen LogP contribution in [0.3, 0.4) is 0 Å². The lowest BCUT2D eigenvalue weighted by molar-refractivity contribution is 0.0950. The molecule has 2 fully saturated rings. The van der Waals surface area contributed by atoms with Crippen molar-refractivity contribution in [2.75, 3.05) is 23.3 Å². The summed E-state index contributed by atoms with van der Waals surface area (Å²) in [6.07, 6.45) is 4.34. The summed E-state index contributed by atoms with van der Waals surface area (Å²) in [6, 6.07) is 19.7. The van der Waals surface area contributed by atoms with Crippen LogP contribution in [0.4, 0.5) is 11.4 Å². The Bertz CT molecular complexity index is 1160. The van der Waals surface area contributed by atoms with E-state index in [1.165, 1.54) is 0 Å². The highest BCUT2D eigenvalue weighted by Gasteiger charge is 2.27. The van der Waals surface area contributed by atoms with Gasteiger partial charge in [-0.2, -0.15) is 0 Å². The summed E-state index contributed by atoms with van der Waals surface area (Å²) in [5, 5.41) is 8.23. The maximum atomic E-state index is 13.0. The highest BCUT2D eigenvalue weighted by Crippen LogP contribution is 2.30. The lowest BCUT2D eigenvalue weighted by Crippen LogP contribution is -2.35. The van der Waals surface area contributed by atoms with Crippen LogP contribution in [-0.2, 0) is 0 Å². The maximum Gasteiger partial charge on any atom is 0.255 e. The molecule has 5 nitrogen and oxygen atoms in total. The fourth-order valence-electron chi connectivity index (χ4n) is 4.35. The van der Waals surface area contributed by atoms with Gasteiger partial charge in [0.05, 0.1) is 5.56 Å². The number of carbonyl (C=O) groups excluding carboxylic acids is 2. The number of nitrogens with zero attached hydrogens (tertiary/aromatic N) is 1. The minimum absolute atomic E-state index is 0.0528. The van der Waals surface area contributed by atoms with Crippen LogP contribution in [0.5, 0.6) is 0 Å². The number of anilines is 2. The van der Waals surface area contributed by atoms with Gasteiger partial charge in [0.25, 0.3) is 11.8 Å². The van der Waals surface area contributed by atoms with Gasteiger partial charge >= 0.3 is 0 Å². The minimum Gasteiger partial charge on any atom is -0.371 e. The molecule has 3 aromatic carbocycles. The molecule has 0 bridgehead atoms. The Morgan fingerprint density at radius 2 is 1.59 bits per heavy atom. The average Bonchev–Trinajstić information content (AvgIpc) is 3.63. The Morgan fingerprint density at radius 1 is 0.844 bits per heavy atom. The molecular formula is C27H29N3O2. The van der Waals surface area contributed by atoms with Crippen LogP contribution >= 0.6 is 0 Å². The van der Waals surface area contributed by atoms with E-state index in [1.54, 1.807) is 0 Å². The van der Waals surface area contributed by atoms with Crippen molar-refractivity contribution in [3.8, 4) is 0 Å². The molecule has 3 aromatic rings. The molecule has 2 amide bonds. The third-order valence-electron chi connectivity index (χ3n) is 6.55. The molecule has 0 radical (unpaired) electrons. The van der Waals surface area contributed by atoms with Gasteiger partial charge in [0, 0.05) is 36.1 Å². The molecule has 2 aliphatic rings. The molecule has 0 aromatic heterocycles. The standard InChI is InChI=1S/C27H29N3O2/c1-18-12-14-30(15-13-18)25-11-10-23(17-24(25)27(32)28-22-8-9-22)29-26(31)21-7-6-19-4-2-3-5-20(19)16-21/h2-7,10-11,16-18,22H,8-9,12-15H2,1H3,(H,28,32)(H,29,31). The molecule has 0 atom stereocenters. The summed E-state index contributed by atoms with van der Waals surface area (Å²) in [6.45, 7) is 4.19. The fourth-order valence-corrected chi connectivity index (χ4v) is 4.35. The topological polar surface area (TPSA) is 61.4 Å². The fraction of sp³-hybridized carbons (Fsp3) is 0.333. The minimum atomic E-state index is -0.177. The Kier molecular flexibility index (Phi) is 5.56. The first-order valence-corrected chi connectivity index (χ1v) is 11.6. The molecule has 164 valence electrons. The van der Waals surface area contributed by atoms with Crippen LogP contribution in [0.2, 0.25) is 0 Å². The van der Waals surface area contributed by atoms with Crippen molar-refractivity contribution in [3.63, 3.8) is 0 Å². The van der Waals surface area contributed by atoms with E-state index in [0.29, 0.717) is 16.8 Å². The molecule has 32 heavy (non-hydrogen) atoms. The van der Waals surface area contributed by atoms with Crippen molar-refractivity contribution >= 4 is 34.0 Å². The number of hydrogen-bond donors (Lipinski definition) is 2. The van der Waals surface area contributed by atoms with Crippen LogP contribution in [0, 0.1) is 5.92 Å². The lowest BCUT2D eigenvalue weighted by Gasteiger charge is -2.33. The van der Waals surface area contributed by atoms with E-state index in [1.807, 2.05) is 60.7 Å². The van der Waals surface area contributed by atoms with Gasteiger partial charge in [0.2, 0.25) is 0 Å². The lowest BCUT2D eigenvalue weighted by atomic mass is 9.97. The van der Waals surface area contributed by atoms with Crippen molar-refractivity contribution < 1.29 is 9.59 Å². The molecule has 0 unspecified atom stereocenters. The van der Waals surface area contributed by atoms with Crippen molar-refractivity contribution in [3.05, 3.63) is 71.8 Å². The zero-order valence-electron chi connectivity index (χ0n) is 18.4. The van der Waals surface area contributed by atoms with Crippen molar-refractivity contribution in [1.29, 1.82) is 0 Å². The summed E-state index contributed by atoms with van der Waals surface area (Å²) in [5.74, 6) is 0.488. The van der Waals surface area contributed by atoms with Crippen LogP contribution in [0.25, 0.3) is 10.8 Å². The molecule has 0 spiro atoms. The van der Waals surface area contributed by atoms with Gasteiger partial charge in [-0.25, -0.2) is 0 Å². The molecule has 1 aliphatic heterocycles. The second-order valence-corrected chi connectivity index (χ2v) is 9.17. The monoisotopic (exact) mass is 427 g/mol. The predicted molar refractivity (Wildman–Crippen MR) is 129 cm³/mol. The van der Waals surface area contributed by atoms with Crippen LogP contribution in [0.1, 0.15) is 53.3 Å². The summed E-state index contributed by atoms with van der Waals surface area (Å²) in [5.41, 5.74) is 2.83. The zero-order chi connectivity index (χ0) is 22.1. The van der Waals surface area contributed by atoms with Gasteiger partial charge in [-0.1, -0.05) is 37.3 Å². The molecule has 1 saturated heterocycles. The number of fused-ring (bicyclic) bond motifs is 1. The first kappa shape index (κ1) is 20.6. The number of nitrogens with one attached hydrogen (secondary N) is 2. The van der Waals surface area contributed by atoms with Gasteiger partial charge in [-0.3, -0.25) is 9.59 Å². The van der Waals surface area contributed by atoms with Gasteiger partial charge in [0.15, 0.2) is 0 Å². The first-order chi connectivity index (χ1) is 15.6. The van der Waals surface area contributed by atoms with Gasteiger partial charge in [-0.05, 0) is 72.7 Å². The Labute approximate surface area is 188 Å². The van der Waals surface area contributed by atoms with E-state index in [-0.39, 0.29) is 17.9 Å². The molecule has 1 heterocycles. The average molecular weight is 428 g/mol. The second-order valence-electron chi connectivity index (χ2n) is 9.17. The summed E-state index contributed by atoms with van der Waals surface area (Å²) in [4.78, 5) is 28.3. The highest BCUT2D eigenvalue weighted by atomic mass is 16.2. The van der Waals surface area contributed by atoms with E-state index < -0.39 is 0 Å². The van der Waals surface area contributed by atoms with E-state index in [9.17, 15) is 9.59 Å². The highest BCUT2D eigenvalue weighted by molar-refractivity contribution is 6.08. The first-order valence-electron chi connectivity index (χ1n) is 11.6. The number of carbonyl (C=O) groups is 2. The summed E-state index contributed by atoms with van der Waals surface area (Å²) >= 11 is 0. The number of benzene rings is 3. The molecule has 1 aliphatic carbocycles. The third-order valence-corrected chi connectivity index (χ3v) is 6.55. The quantitative estimate of drug-likeness (QED) is 0.587.